The van der Waals surface area contributed by atoms with Gasteiger partial charge in [0.2, 0.25) is 0 Å². The van der Waals surface area contributed by atoms with Crippen LogP contribution in [0.15, 0.2) is 0 Å². The second-order valence-electron chi connectivity index (χ2n) is 0. The van der Waals surface area contributed by atoms with E-state index in [1.807, 2.05) is 0 Å². The average molecular weight is 570 g/mol. The van der Waals surface area contributed by atoms with Crippen LogP contribution in [-0.2, 0) is 59.5 Å². The van der Waals surface area contributed by atoms with Crippen LogP contribution in [0.5, 0.6) is 0 Å². The molecule has 0 aromatic carbocycles. The number of rotatable bonds is 0. The van der Waals surface area contributed by atoms with E-state index < -0.39 is 0 Å². The predicted octanol–water partition coefficient (Wildman–Crippen LogP) is -0.00750. The summed E-state index contributed by atoms with van der Waals surface area (Å²) in [5.74, 6) is 0. The standard InChI is InChI=1S/Cr.Mo.U.W. The maximum Gasteiger partial charge on any atom is 0 e. The molecule has 22 valence electrons. The van der Waals surface area contributed by atoms with Crippen LogP contribution in [0.25, 0.3) is 0 Å². The largest absolute Gasteiger partial charge is 0 e. The van der Waals surface area contributed by atoms with Gasteiger partial charge >= 0.3 is 0 Å². The minimum absolute atomic E-state index is 0. The van der Waals surface area contributed by atoms with Crippen molar-refractivity contribution in [3.63, 3.8) is 0 Å². The molecule has 0 bridgehead atoms. The summed E-state index contributed by atoms with van der Waals surface area (Å²) in [6, 6.07) is 0. The van der Waals surface area contributed by atoms with Gasteiger partial charge in [0.25, 0.3) is 0 Å². The zero-order valence-electron chi connectivity index (χ0n) is 1.72. The monoisotopic (exact) mass is 572 g/mol. The van der Waals surface area contributed by atoms with Gasteiger partial charge < -0.3 is 0 Å². The Hall–Kier alpha value is 2.96. The fraction of sp³-hybridized carbons (Fsp3) is 0. The molecule has 0 nitrogen and oxygen atoms in total. The Bertz CT molecular complexity index is 8.00. The van der Waals surface area contributed by atoms with Crippen LogP contribution in [0.4, 0.5) is 0 Å². The molecule has 0 saturated carbocycles. The van der Waals surface area contributed by atoms with Crippen molar-refractivity contribution >= 4 is 0 Å². The summed E-state index contributed by atoms with van der Waals surface area (Å²) in [6.45, 7) is 0. The molecule has 0 atom stereocenters. The van der Waals surface area contributed by atoms with Gasteiger partial charge in [-0.2, -0.15) is 0 Å². The van der Waals surface area contributed by atoms with E-state index in [0.29, 0.717) is 0 Å². The Balaban J connectivity index is 0. The fourth-order valence-electron chi connectivity index (χ4n) is 0. The van der Waals surface area contributed by atoms with Crippen molar-refractivity contribution in [2.75, 3.05) is 0 Å². The van der Waals surface area contributed by atoms with E-state index in [1.165, 1.54) is 0 Å². The minimum atomic E-state index is 0. The Kier molecular flexibility index (Phi) is 118. The van der Waals surface area contributed by atoms with Crippen LogP contribution < -0.4 is 0 Å². The zero-order valence-corrected chi connectivity index (χ0v) is 12.1. The summed E-state index contributed by atoms with van der Waals surface area (Å²) >= 11 is 0. The van der Waals surface area contributed by atoms with E-state index in [-0.39, 0.29) is 90.6 Å². The third kappa shape index (κ3) is 8.88. The first kappa shape index (κ1) is 28.2. The maximum atomic E-state index is 0. The molecule has 0 heterocycles. The third-order valence-corrected chi connectivity index (χ3v) is 0. The first-order valence-corrected chi connectivity index (χ1v) is 0. The van der Waals surface area contributed by atoms with Gasteiger partial charge in [0.15, 0.2) is 0 Å². The van der Waals surface area contributed by atoms with Crippen LogP contribution in [0.2, 0.25) is 0 Å². The molecule has 4 heteroatoms. The molecule has 0 N–H and O–H groups in total. The molecule has 0 radical (unpaired) electrons. The van der Waals surface area contributed by atoms with Gasteiger partial charge in [-0.15, -0.1) is 0 Å². The Labute approximate surface area is 88.9 Å². The summed E-state index contributed by atoms with van der Waals surface area (Å²) in [5.41, 5.74) is 0. The predicted molar refractivity (Wildman–Crippen MR) is 0 cm³/mol. The summed E-state index contributed by atoms with van der Waals surface area (Å²) in [4.78, 5) is 0. The van der Waals surface area contributed by atoms with Gasteiger partial charge in [-0.3, -0.25) is 0 Å². The van der Waals surface area contributed by atoms with Crippen molar-refractivity contribution in [3.8, 4) is 0 Å². The smallest absolute Gasteiger partial charge is 0 e. The average Bonchev–Trinajstić information content (AvgIpc) is 0. The van der Waals surface area contributed by atoms with Crippen LogP contribution in [-0.4, -0.2) is 0 Å². The summed E-state index contributed by atoms with van der Waals surface area (Å²) in [6.07, 6.45) is 0. The molecular weight excluding hydrogens is 570 g/mol. The topological polar surface area (TPSA) is 0 Å². The second-order valence-corrected chi connectivity index (χ2v) is 0. The first-order chi connectivity index (χ1) is 0. The molecular formula is CrMoUW. The van der Waals surface area contributed by atoms with Crippen molar-refractivity contribution < 1.29 is 90.6 Å². The molecule has 0 spiro atoms. The van der Waals surface area contributed by atoms with Crippen molar-refractivity contribution in [1.29, 1.82) is 0 Å². The quantitative estimate of drug-likeness (QED) is 0.361. The Morgan fingerprint density at radius 3 is 1.00 bits per heavy atom. The van der Waals surface area contributed by atoms with E-state index in [0.717, 1.165) is 0 Å². The molecule has 0 aliphatic rings. The number of hydrogen-bond donors (Lipinski definition) is 0. The molecule has 0 amide bonds. The molecule has 0 saturated heterocycles. The van der Waals surface area contributed by atoms with Crippen LogP contribution in [0, 0.1) is 31.1 Å². The van der Waals surface area contributed by atoms with E-state index in [2.05, 4.69) is 0 Å². The number of hydrogen-bond acceptors (Lipinski definition) is 0. The van der Waals surface area contributed by atoms with Gasteiger partial charge in [0, 0.05) is 90.6 Å². The maximum absolute atomic E-state index is 0. The van der Waals surface area contributed by atoms with Crippen molar-refractivity contribution in [2.24, 2.45) is 0 Å². The van der Waals surface area contributed by atoms with Gasteiger partial charge in [-0.1, -0.05) is 0 Å². The van der Waals surface area contributed by atoms with Crippen LogP contribution in [0.1, 0.15) is 0 Å². The summed E-state index contributed by atoms with van der Waals surface area (Å²) in [7, 11) is 0. The van der Waals surface area contributed by atoms with Gasteiger partial charge in [-0.25, -0.2) is 0 Å². The molecule has 0 aliphatic carbocycles. The van der Waals surface area contributed by atoms with E-state index in [4.69, 9.17) is 0 Å². The molecule has 0 aliphatic heterocycles. The van der Waals surface area contributed by atoms with Gasteiger partial charge in [0.1, 0.15) is 0 Å². The molecule has 0 aromatic heterocycles. The van der Waals surface area contributed by atoms with Crippen LogP contribution >= 0.6 is 0 Å². The molecule has 0 aromatic rings. The molecule has 0 fully saturated rings. The second kappa shape index (κ2) is 16.7. The normalized spacial score (nSPS) is 0. The van der Waals surface area contributed by atoms with Crippen molar-refractivity contribution in [2.45, 2.75) is 0 Å². The zero-order chi connectivity index (χ0) is 0. The Morgan fingerprint density at radius 1 is 1.00 bits per heavy atom. The minimum Gasteiger partial charge on any atom is 0 e. The van der Waals surface area contributed by atoms with E-state index in [1.54, 1.807) is 0 Å². The summed E-state index contributed by atoms with van der Waals surface area (Å²) in [5, 5.41) is 0. The Morgan fingerprint density at radius 2 is 1.00 bits per heavy atom. The SMILES string of the molecule is [Cr].[Mo].[U].[W]. The van der Waals surface area contributed by atoms with Gasteiger partial charge in [-0.05, 0) is 0 Å². The van der Waals surface area contributed by atoms with Crippen LogP contribution in [0.3, 0.4) is 0 Å². The third-order valence-electron chi connectivity index (χ3n) is 0. The van der Waals surface area contributed by atoms with E-state index >= 15 is 0 Å². The molecule has 4 heavy (non-hydrogen) atoms. The van der Waals surface area contributed by atoms with Crippen molar-refractivity contribution in [3.05, 3.63) is 0 Å². The molecule has 0 rings (SSSR count). The van der Waals surface area contributed by atoms with Crippen molar-refractivity contribution in [1.82, 2.24) is 0 Å². The molecule has 0 unspecified atom stereocenters. The van der Waals surface area contributed by atoms with E-state index in [9.17, 15) is 0 Å². The first-order valence-electron chi connectivity index (χ1n) is 0. The fourth-order valence-corrected chi connectivity index (χ4v) is 0. The summed E-state index contributed by atoms with van der Waals surface area (Å²) < 4.78 is 0. The van der Waals surface area contributed by atoms with Gasteiger partial charge in [0.05, 0.1) is 0 Å².